The fraction of sp³-hybridized carbons (Fsp3) is 0.346. The van der Waals surface area contributed by atoms with Crippen molar-refractivity contribution in [3.63, 3.8) is 0 Å². The Bertz CT molecular complexity index is 1230. The minimum absolute atomic E-state index is 0.139. The van der Waals surface area contributed by atoms with Gasteiger partial charge >= 0.3 is 17.9 Å². The molecule has 36 heavy (non-hydrogen) atoms. The second-order valence-electron chi connectivity index (χ2n) is 8.49. The maximum Gasteiger partial charge on any atom is 0.408 e. The molecule has 10 heteroatoms. The number of amides is 1. The summed E-state index contributed by atoms with van der Waals surface area (Å²) in [6.45, 7) is 4.92. The van der Waals surface area contributed by atoms with Gasteiger partial charge in [-0.3, -0.25) is 10.1 Å². The van der Waals surface area contributed by atoms with E-state index in [1.165, 1.54) is 25.3 Å². The SMILES string of the molecule is CC(=Cc1ccc(CCC(F)(F)F)cc1C)C(=O)c1c(O)cc(C(C)CCC=CNC(=O)O)oc1=O. The van der Waals surface area contributed by atoms with E-state index in [2.05, 4.69) is 5.32 Å². The van der Waals surface area contributed by atoms with Gasteiger partial charge < -0.3 is 14.6 Å². The second kappa shape index (κ2) is 12.2. The summed E-state index contributed by atoms with van der Waals surface area (Å²) in [4.78, 5) is 35.8. The van der Waals surface area contributed by atoms with Gasteiger partial charge in [-0.2, -0.15) is 13.2 Å². The summed E-state index contributed by atoms with van der Waals surface area (Å²) in [6.07, 6.45) is -1.18. The molecule has 0 saturated heterocycles. The van der Waals surface area contributed by atoms with Crippen molar-refractivity contribution in [2.75, 3.05) is 0 Å². The van der Waals surface area contributed by atoms with Crippen molar-refractivity contribution in [1.29, 1.82) is 0 Å². The van der Waals surface area contributed by atoms with Crippen LogP contribution in [0.5, 0.6) is 5.75 Å². The first-order valence-electron chi connectivity index (χ1n) is 11.2. The van der Waals surface area contributed by atoms with Gasteiger partial charge in [-0.25, -0.2) is 9.59 Å². The number of alkyl halides is 3. The van der Waals surface area contributed by atoms with Gasteiger partial charge in [0.05, 0.1) is 0 Å². The summed E-state index contributed by atoms with van der Waals surface area (Å²) in [6, 6.07) is 5.99. The molecule has 2 aromatic rings. The number of Topliss-reactive ketones (excluding diaryl/α,β-unsaturated/α-hetero) is 1. The molecular weight excluding hydrogens is 479 g/mol. The lowest BCUT2D eigenvalue weighted by Crippen LogP contribution is -2.16. The van der Waals surface area contributed by atoms with Crippen molar-refractivity contribution in [2.24, 2.45) is 0 Å². The van der Waals surface area contributed by atoms with E-state index in [0.29, 0.717) is 29.5 Å². The van der Waals surface area contributed by atoms with Crippen LogP contribution in [0.3, 0.4) is 0 Å². The number of carbonyl (C=O) groups excluding carboxylic acids is 1. The molecule has 0 fully saturated rings. The Morgan fingerprint density at radius 3 is 2.50 bits per heavy atom. The van der Waals surface area contributed by atoms with Crippen LogP contribution in [-0.2, 0) is 6.42 Å². The zero-order chi connectivity index (χ0) is 27.0. The van der Waals surface area contributed by atoms with E-state index in [9.17, 15) is 32.7 Å². The summed E-state index contributed by atoms with van der Waals surface area (Å²) in [7, 11) is 0. The van der Waals surface area contributed by atoms with Crippen molar-refractivity contribution in [1.82, 2.24) is 5.32 Å². The summed E-state index contributed by atoms with van der Waals surface area (Å²) < 4.78 is 42.7. The standard InChI is InChI=1S/C26H28F3NO6/c1-15(6-4-5-11-30-25(34)35)21-14-20(31)22(24(33)36-21)23(32)17(3)13-19-8-7-18(12-16(19)2)9-10-26(27,28)29/h5,7-8,11-15,30-31H,4,6,9-10H2,1-3H3,(H,34,35). The highest BCUT2D eigenvalue weighted by atomic mass is 19.4. The first-order valence-corrected chi connectivity index (χ1v) is 11.2. The molecule has 0 radical (unpaired) electrons. The molecule has 0 aliphatic rings. The maximum absolute atomic E-state index is 12.9. The Labute approximate surface area is 206 Å². The number of hydrogen-bond acceptors (Lipinski definition) is 5. The third-order valence-electron chi connectivity index (χ3n) is 5.52. The number of aromatic hydroxyl groups is 1. The Morgan fingerprint density at radius 2 is 1.92 bits per heavy atom. The molecule has 1 heterocycles. The molecule has 0 spiro atoms. The monoisotopic (exact) mass is 507 g/mol. The average Bonchev–Trinajstić information content (AvgIpc) is 2.77. The number of halogens is 3. The molecule has 1 unspecified atom stereocenters. The highest BCUT2D eigenvalue weighted by Gasteiger charge is 2.26. The van der Waals surface area contributed by atoms with Gasteiger partial charge in [0, 0.05) is 24.6 Å². The summed E-state index contributed by atoms with van der Waals surface area (Å²) in [5.74, 6) is -1.37. The molecule has 2 rings (SSSR count). The van der Waals surface area contributed by atoms with E-state index in [1.807, 2.05) is 0 Å². The zero-order valence-corrected chi connectivity index (χ0v) is 20.1. The molecule has 1 aromatic heterocycles. The van der Waals surface area contributed by atoms with Crippen LogP contribution in [0.1, 0.15) is 71.8 Å². The van der Waals surface area contributed by atoms with Crippen LogP contribution in [0, 0.1) is 6.92 Å². The van der Waals surface area contributed by atoms with Gasteiger partial charge in [0.2, 0.25) is 0 Å². The highest BCUT2D eigenvalue weighted by molar-refractivity contribution is 6.12. The van der Waals surface area contributed by atoms with E-state index in [0.717, 1.165) is 0 Å². The number of aryl methyl sites for hydroxylation is 2. The number of allylic oxidation sites excluding steroid dienone is 2. The molecule has 1 atom stereocenters. The molecule has 194 valence electrons. The lowest BCUT2D eigenvalue weighted by atomic mass is 9.97. The van der Waals surface area contributed by atoms with E-state index < -0.39 is 41.4 Å². The molecule has 0 saturated carbocycles. The van der Waals surface area contributed by atoms with Crippen molar-refractivity contribution in [3.8, 4) is 5.75 Å². The Hall–Kier alpha value is -3.82. The fourth-order valence-corrected chi connectivity index (χ4v) is 3.49. The van der Waals surface area contributed by atoms with Gasteiger partial charge in [-0.1, -0.05) is 31.2 Å². The van der Waals surface area contributed by atoms with Crippen LogP contribution < -0.4 is 10.9 Å². The molecule has 7 nitrogen and oxygen atoms in total. The Morgan fingerprint density at radius 1 is 1.22 bits per heavy atom. The zero-order valence-electron chi connectivity index (χ0n) is 20.1. The summed E-state index contributed by atoms with van der Waals surface area (Å²) in [5.41, 5.74) is 0.413. The average molecular weight is 508 g/mol. The van der Waals surface area contributed by atoms with Crippen LogP contribution in [-0.4, -0.2) is 28.3 Å². The molecule has 0 aliphatic carbocycles. The third kappa shape index (κ3) is 8.44. The molecule has 3 N–H and O–H groups in total. The number of hydrogen-bond donors (Lipinski definition) is 3. The molecule has 1 aromatic carbocycles. The van der Waals surface area contributed by atoms with Crippen LogP contribution in [0.4, 0.5) is 18.0 Å². The van der Waals surface area contributed by atoms with Crippen LogP contribution in [0.25, 0.3) is 6.08 Å². The van der Waals surface area contributed by atoms with Gasteiger partial charge in [-0.05, 0) is 61.4 Å². The molecular formula is C26H28F3NO6. The number of carboxylic acid groups (broad SMARTS) is 1. The molecule has 0 bridgehead atoms. The van der Waals surface area contributed by atoms with E-state index in [4.69, 9.17) is 9.52 Å². The van der Waals surface area contributed by atoms with Crippen LogP contribution in [0.15, 0.2) is 51.3 Å². The topological polar surface area (TPSA) is 117 Å². The van der Waals surface area contributed by atoms with E-state index in [-0.39, 0.29) is 23.7 Å². The lowest BCUT2D eigenvalue weighted by molar-refractivity contribution is -0.134. The summed E-state index contributed by atoms with van der Waals surface area (Å²) >= 11 is 0. The second-order valence-corrected chi connectivity index (χ2v) is 8.49. The third-order valence-corrected chi connectivity index (χ3v) is 5.52. The largest absolute Gasteiger partial charge is 0.507 e. The molecule has 0 aliphatic heterocycles. The molecule has 1 amide bonds. The predicted octanol–water partition coefficient (Wildman–Crippen LogP) is 6.10. The van der Waals surface area contributed by atoms with Crippen LogP contribution >= 0.6 is 0 Å². The van der Waals surface area contributed by atoms with Crippen molar-refractivity contribution in [3.05, 3.63) is 80.5 Å². The van der Waals surface area contributed by atoms with Gasteiger partial charge in [-0.15, -0.1) is 0 Å². The number of rotatable bonds is 10. The quantitative estimate of drug-likeness (QED) is 0.264. The smallest absolute Gasteiger partial charge is 0.408 e. The first-order chi connectivity index (χ1) is 16.8. The maximum atomic E-state index is 12.9. The Kier molecular flexibility index (Phi) is 9.66. The van der Waals surface area contributed by atoms with Gasteiger partial charge in [0.1, 0.15) is 17.1 Å². The van der Waals surface area contributed by atoms with Crippen molar-refractivity contribution >= 4 is 18.0 Å². The van der Waals surface area contributed by atoms with Crippen molar-refractivity contribution < 1.29 is 37.4 Å². The normalized spacial score (nSPS) is 13.1. The predicted molar refractivity (Wildman–Crippen MR) is 128 cm³/mol. The van der Waals surface area contributed by atoms with Crippen LogP contribution in [0.2, 0.25) is 0 Å². The van der Waals surface area contributed by atoms with Crippen molar-refractivity contribution in [2.45, 2.75) is 58.5 Å². The number of carbonyl (C=O) groups is 2. The number of ketones is 1. The lowest BCUT2D eigenvalue weighted by Gasteiger charge is -2.11. The fourth-order valence-electron chi connectivity index (χ4n) is 3.49. The minimum Gasteiger partial charge on any atom is -0.507 e. The minimum atomic E-state index is -4.25. The summed E-state index contributed by atoms with van der Waals surface area (Å²) in [5, 5.41) is 21.0. The van der Waals surface area contributed by atoms with Gasteiger partial charge in [0.15, 0.2) is 5.78 Å². The number of nitrogens with one attached hydrogen (secondary N) is 1. The first kappa shape index (κ1) is 28.4. The number of benzene rings is 1. The van der Waals surface area contributed by atoms with Gasteiger partial charge in [0.25, 0.3) is 0 Å². The van der Waals surface area contributed by atoms with E-state index in [1.54, 1.807) is 38.1 Å². The van der Waals surface area contributed by atoms with E-state index >= 15 is 0 Å². The Balaban J connectivity index is 2.16. The highest BCUT2D eigenvalue weighted by Crippen LogP contribution is 2.27.